The number of amides is 2. The second kappa shape index (κ2) is 5.83. The van der Waals surface area contributed by atoms with Crippen molar-refractivity contribution in [1.29, 1.82) is 0 Å². The molecule has 0 atom stereocenters. The number of H-pyrrole nitrogens is 1. The van der Waals surface area contributed by atoms with E-state index in [1.54, 1.807) is 24.3 Å². The fraction of sp³-hybridized carbons (Fsp3) is 0.0714. The number of anilines is 1. The van der Waals surface area contributed by atoms with Crippen molar-refractivity contribution >= 4 is 17.5 Å². The highest BCUT2D eigenvalue weighted by atomic mass is 16.2. The largest absolute Gasteiger partial charge is 0.369 e. The summed E-state index contributed by atoms with van der Waals surface area (Å²) >= 11 is 0. The summed E-state index contributed by atoms with van der Waals surface area (Å²) in [5.41, 5.74) is 5.83. The van der Waals surface area contributed by atoms with Gasteiger partial charge in [-0.2, -0.15) is 0 Å². The van der Waals surface area contributed by atoms with Crippen LogP contribution in [0.4, 0.5) is 5.69 Å². The fourth-order valence-corrected chi connectivity index (χ4v) is 1.77. The predicted molar refractivity (Wildman–Crippen MR) is 74.4 cm³/mol. The van der Waals surface area contributed by atoms with E-state index in [1.807, 2.05) is 0 Å². The minimum absolute atomic E-state index is 0.00128. The molecule has 0 aliphatic heterocycles. The molecule has 1 aromatic heterocycles. The zero-order chi connectivity index (χ0) is 14.5. The fourth-order valence-electron chi connectivity index (χ4n) is 1.77. The van der Waals surface area contributed by atoms with Crippen LogP contribution in [0.15, 0.2) is 47.5 Å². The van der Waals surface area contributed by atoms with Gasteiger partial charge >= 0.3 is 0 Å². The first-order valence-electron chi connectivity index (χ1n) is 5.92. The maximum atomic E-state index is 12.0. The molecule has 2 rings (SSSR count). The molecule has 1 heterocycles. The Morgan fingerprint density at radius 2 is 1.95 bits per heavy atom. The molecular weight excluding hydrogens is 258 g/mol. The lowest BCUT2D eigenvalue weighted by molar-refractivity contribution is -0.117. The molecule has 1 aromatic carbocycles. The highest BCUT2D eigenvalue weighted by molar-refractivity contribution is 6.04. The van der Waals surface area contributed by atoms with Crippen LogP contribution in [0, 0.1) is 0 Å². The molecule has 4 N–H and O–H groups in total. The molecule has 2 amide bonds. The second-order valence-electron chi connectivity index (χ2n) is 4.18. The van der Waals surface area contributed by atoms with Gasteiger partial charge in [0.05, 0.1) is 6.42 Å². The maximum absolute atomic E-state index is 12.0. The molecule has 0 aliphatic carbocycles. The zero-order valence-corrected chi connectivity index (χ0v) is 10.6. The van der Waals surface area contributed by atoms with Crippen LogP contribution in [-0.4, -0.2) is 16.8 Å². The molecule has 0 saturated heterocycles. The van der Waals surface area contributed by atoms with Gasteiger partial charge in [0.15, 0.2) is 5.43 Å². The van der Waals surface area contributed by atoms with Gasteiger partial charge < -0.3 is 16.0 Å². The summed E-state index contributed by atoms with van der Waals surface area (Å²) in [6.07, 6.45) is 2.79. The first kappa shape index (κ1) is 13.5. The molecule has 2 aromatic rings. The molecule has 0 radical (unpaired) electrons. The van der Waals surface area contributed by atoms with Crippen molar-refractivity contribution in [3.63, 3.8) is 0 Å². The number of hydrogen-bond acceptors (Lipinski definition) is 3. The minimum atomic E-state index is -0.538. The standard InChI is InChI=1S/C14H13N3O3/c15-13(19)7-9-3-1-2-4-11(9)17-14(20)10-8-16-6-5-12(10)18/h1-6,8H,7H2,(H2,15,19)(H,16,18)(H,17,20). The number of aromatic amines is 1. The third-order valence-electron chi connectivity index (χ3n) is 2.70. The number of primary amides is 1. The summed E-state index contributed by atoms with van der Waals surface area (Å²) < 4.78 is 0. The number of aromatic nitrogens is 1. The monoisotopic (exact) mass is 271 g/mol. The summed E-state index contributed by atoms with van der Waals surface area (Å²) in [6, 6.07) is 8.06. The van der Waals surface area contributed by atoms with Crippen LogP contribution in [0.1, 0.15) is 15.9 Å². The molecular formula is C14H13N3O3. The van der Waals surface area contributed by atoms with E-state index in [-0.39, 0.29) is 17.4 Å². The molecule has 6 heteroatoms. The Labute approximate surface area is 114 Å². The Balaban J connectivity index is 2.27. The predicted octanol–water partition coefficient (Wildman–Crippen LogP) is 0.655. The number of pyridine rings is 1. The molecule has 102 valence electrons. The number of nitrogens with one attached hydrogen (secondary N) is 2. The highest BCUT2D eigenvalue weighted by Gasteiger charge is 2.12. The number of hydrogen-bond donors (Lipinski definition) is 3. The quantitative estimate of drug-likeness (QED) is 0.760. The molecule has 0 spiro atoms. The van der Waals surface area contributed by atoms with Crippen molar-refractivity contribution in [2.75, 3.05) is 5.32 Å². The van der Waals surface area contributed by atoms with E-state index in [4.69, 9.17) is 5.73 Å². The molecule has 0 aliphatic rings. The van der Waals surface area contributed by atoms with E-state index in [9.17, 15) is 14.4 Å². The van der Waals surface area contributed by atoms with Crippen molar-refractivity contribution in [3.05, 3.63) is 64.1 Å². The summed E-state index contributed by atoms with van der Waals surface area (Å²) in [4.78, 5) is 37.2. The molecule has 0 saturated carbocycles. The van der Waals surface area contributed by atoms with Crippen molar-refractivity contribution in [1.82, 2.24) is 4.98 Å². The van der Waals surface area contributed by atoms with E-state index in [2.05, 4.69) is 10.3 Å². The number of carbonyl (C=O) groups excluding carboxylic acids is 2. The molecule has 0 bridgehead atoms. The van der Waals surface area contributed by atoms with Gasteiger partial charge in [-0.3, -0.25) is 14.4 Å². The van der Waals surface area contributed by atoms with E-state index in [0.29, 0.717) is 11.3 Å². The van der Waals surface area contributed by atoms with Crippen LogP contribution >= 0.6 is 0 Å². The minimum Gasteiger partial charge on any atom is -0.369 e. The van der Waals surface area contributed by atoms with E-state index >= 15 is 0 Å². The van der Waals surface area contributed by atoms with Gasteiger partial charge in [-0.05, 0) is 11.6 Å². The normalized spacial score (nSPS) is 10.0. The molecule has 0 fully saturated rings. The number of nitrogens with two attached hydrogens (primary N) is 1. The molecule has 20 heavy (non-hydrogen) atoms. The van der Waals surface area contributed by atoms with Crippen LogP contribution in [-0.2, 0) is 11.2 Å². The lowest BCUT2D eigenvalue weighted by Gasteiger charge is -2.09. The molecule has 6 nitrogen and oxygen atoms in total. The van der Waals surface area contributed by atoms with Crippen LogP contribution in [0.2, 0.25) is 0 Å². The van der Waals surface area contributed by atoms with E-state index in [0.717, 1.165) is 0 Å². The van der Waals surface area contributed by atoms with Gasteiger partial charge in [-0.25, -0.2) is 0 Å². The summed E-state index contributed by atoms with van der Waals surface area (Å²) in [5, 5.41) is 2.61. The Bertz CT molecular complexity index is 707. The first-order chi connectivity index (χ1) is 9.58. The highest BCUT2D eigenvalue weighted by Crippen LogP contribution is 2.16. The maximum Gasteiger partial charge on any atom is 0.261 e. The van der Waals surface area contributed by atoms with Crippen LogP contribution in [0.5, 0.6) is 0 Å². The Kier molecular flexibility index (Phi) is 3.95. The van der Waals surface area contributed by atoms with Crippen molar-refractivity contribution in [2.24, 2.45) is 5.73 Å². The number of benzene rings is 1. The number of para-hydroxylation sites is 1. The van der Waals surface area contributed by atoms with Crippen molar-refractivity contribution < 1.29 is 9.59 Å². The Hall–Kier alpha value is -2.89. The van der Waals surface area contributed by atoms with Gasteiger partial charge in [0.2, 0.25) is 5.91 Å². The summed E-state index contributed by atoms with van der Waals surface area (Å²) in [7, 11) is 0. The van der Waals surface area contributed by atoms with Crippen molar-refractivity contribution in [3.8, 4) is 0 Å². The lowest BCUT2D eigenvalue weighted by Crippen LogP contribution is -2.22. The Morgan fingerprint density at radius 1 is 1.20 bits per heavy atom. The van der Waals surface area contributed by atoms with Gasteiger partial charge in [0.1, 0.15) is 5.56 Å². The van der Waals surface area contributed by atoms with Crippen LogP contribution < -0.4 is 16.5 Å². The number of rotatable bonds is 4. The smallest absolute Gasteiger partial charge is 0.261 e. The van der Waals surface area contributed by atoms with Crippen LogP contribution in [0.3, 0.4) is 0 Å². The summed E-state index contributed by atoms with van der Waals surface area (Å²) in [5.74, 6) is -1.03. The van der Waals surface area contributed by atoms with Gasteiger partial charge in [-0.15, -0.1) is 0 Å². The van der Waals surface area contributed by atoms with Gasteiger partial charge in [0, 0.05) is 24.1 Å². The summed E-state index contributed by atoms with van der Waals surface area (Å²) in [6.45, 7) is 0. The third-order valence-corrected chi connectivity index (χ3v) is 2.70. The first-order valence-corrected chi connectivity index (χ1v) is 5.92. The SMILES string of the molecule is NC(=O)Cc1ccccc1NC(=O)c1c[nH]ccc1=O. The second-order valence-corrected chi connectivity index (χ2v) is 4.18. The van der Waals surface area contributed by atoms with E-state index in [1.165, 1.54) is 18.5 Å². The average molecular weight is 271 g/mol. The average Bonchev–Trinajstić information content (AvgIpc) is 2.41. The van der Waals surface area contributed by atoms with Gasteiger partial charge in [-0.1, -0.05) is 18.2 Å². The molecule has 0 unspecified atom stereocenters. The zero-order valence-electron chi connectivity index (χ0n) is 10.6. The van der Waals surface area contributed by atoms with Crippen molar-refractivity contribution in [2.45, 2.75) is 6.42 Å². The number of carbonyl (C=O) groups is 2. The third kappa shape index (κ3) is 3.11. The topological polar surface area (TPSA) is 105 Å². The lowest BCUT2D eigenvalue weighted by atomic mass is 10.1. The van der Waals surface area contributed by atoms with Crippen LogP contribution in [0.25, 0.3) is 0 Å². The Morgan fingerprint density at radius 3 is 2.65 bits per heavy atom. The van der Waals surface area contributed by atoms with Gasteiger partial charge in [0.25, 0.3) is 5.91 Å². The van der Waals surface area contributed by atoms with E-state index < -0.39 is 11.8 Å².